The van der Waals surface area contributed by atoms with Crippen LogP contribution in [0.25, 0.3) is 0 Å². The van der Waals surface area contributed by atoms with Gasteiger partial charge in [0, 0.05) is 49.7 Å². The highest BCUT2D eigenvalue weighted by Gasteiger charge is 2.17. The molecule has 4 rings (SSSR count). The number of benzene rings is 3. The molecule has 1 fully saturated rings. The summed E-state index contributed by atoms with van der Waals surface area (Å²) in [7, 11) is 0. The minimum Gasteiger partial charge on any atom is -0.369 e. The van der Waals surface area contributed by atoms with Crippen molar-refractivity contribution in [1.82, 2.24) is 10.2 Å². The number of piperazine rings is 1. The number of nitrogens with zero attached hydrogens (tertiary/aromatic N) is 2. The van der Waals surface area contributed by atoms with Gasteiger partial charge in [-0.2, -0.15) is 0 Å². The lowest BCUT2D eigenvalue weighted by molar-refractivity contribution is 0.0977. The number of carbonyl (C=O) groups excluding carboxylic acids is 1. The normalized spacial score (nSPS) is 14.1. The van der Waals surface area contributed by atoms with Crippen LogP contribution in [-0.4, -0.2) is 42.1 Å². The maximum Gasteiger partial charge on any atom is 0.257 e. The van der Waals surface area contributed by atoms with Crippen LogP contribution in [0.5, 0.6) is 0 Å². The number of anilines is 2. The third kappa shape index (κ3) is 5.72. The van der Waals surface area contributed by atoms with Crippen LogP contribution in [0.15, 0.2) is 78.9 Å². The topological polar surface area (TPSA) is 47.6 Å². The molecular formula is C26H28N4OS. The van der Waals surface area contributed by atoms with Crippen LogP contribution in [0.3, 0.4) is 0 Å². The van der Waals surface area contributed by atoms with Crippen LogP contribution < -0.4 is 15.5 Å². The molecule has 3 aromatic carbocycles. The number of nitrogens with one attached hydrogen (secondary N) is 2. The lowest BCUT2D eigenvalue weighted by Gasteiger charge is -2.36. The van der Waals surface area contributed by atoms with Crippen molar-refractivity contribution >= 4 is 34.6 Å². The van der Waals surface area contributed by atoms with Gasteiger partial charge in [-0.05, 0) is 60.6 Å². The Balaban J connectivity index is 1.26. The van der Waals surface area contributed by atoms with Crippen LogP contribution in [0.1, 0.15) is 21.5 Å². The number of rotatable bonds is 5. The van der Waals surface area contributed by atoms with E-state index in [1.54, 1.807) is 6.07 Å². The van der Waals surface area contributed by atoms with E-state index in [0.29, 0.717) is 10.7 Å². The summed E-state index contributed by atoms with van der Waals surface area (Å²) in [6, 6.07) is 26.3. The van der Waals surface area contributed by atoms with E-state index >= 15 is 0 Å². The largest absolute Gasteiger partial charge is 0.369 e. The number of hydrogen-bond acceptors (Lipinski definition) is 4. The molecule has 3 aromatic rings. The van der Waals surface area contributed by atoms with Crippen molar-refractivity contribution in [2.75, 3.05) is 36.4 Å². The van der Waals surface area contributed by atoms with Gasteiger partial charge in [-0.3, -0.25) is 15.0 Å². The van der Waals surface area contributed by atoms with Crippen molar-refractivity contribution in [1.29, 1.82) is 0 Å². The molecule has 32 heavy (non-hydrogen) atoms. The average molecular weight is 445 g/mol. The van der Waals surface area contributed by atoms with E-state index in [4.69, 9.17) is 12.2 Å². The monoisotopic (exact) mass is 444 g/mol. The number of aryl methyl sites for hydroxylation is 1. The Labute approximate surface area is 195 Å². The van der Waals surface area contributed by atoms with Gasteiger partial charge in [0.05, 0.1) is 0 Å². The number of thiocarbonyl (C=S) groups is 1. The van der Waals surface area contributed by atoms with Crippen LogP contribution in [-0.2, 0) is 6.54 Å². The summed E-state index contributed by atoms with van der Waals surface area (Å²) in [6.45, 7) is 7.01. The minimum atomic E-state index is -0.203. The van der Waals surface area contributed by atoms with Gasteiger partial charge in [-0.25, -0.2) is 0 Å². The molecule has 6 heteroatoms. The van der Waals surface area contributed by atoms with Crippen molar-refractivity contribution < 1.29 is 4.79 Å². The molecule has 2 N–H and O–H groups in total. The Morgan fingerprint density at radius 2 is 1.53 bits per heavy atom. The standard InChI is InChI=1S/C26H28N4OS/c1-20-7-5-6-10-24(20)25(31)28-26(32)27-22-11-13-23(14-12-22)30-17-15-29(16-18-30)19-21-8-3-2-4-9-21/h2-14H,15-19H2,1H3,(H2,27,28,31,32). The smallest absolute Gasteiger partial charge is 0.257 e. The molecule has 0 radical (unpaired) electrons. The molecular weight excluding hydrogens is 416 g/mol. The lowest BCUT2D eigenvalue weighted by atomic mass is 10.1. The van der Waals surface area contributed by atoms with Crippen molar-refractivity contribution in [2.24, 2.45) is 0 Å². The van der Waals surface area contributed by atoms with E-state index in [9.17, 15) is 4.79 Å². The van der Waals surface area contributed by atoms with Gasteiger partial charge in [0.1, 0.15) is 0 Å². The van der Waals surface area contributed by atoms with E-state index in [2.05, 4.69) is 62.9 Å². The Morgan fingerprint density at radius 1 is 0.875 bits per heavy atom. The van der Waals surface area contributed by atoms with Gasteiger partial charge in [0.15, 0.2) is 5.11 Å². The third-order valence-corrected chi connectivity index (χ3v) is 5.93. The fourth-order valence-electron chi connectivity index (χ4n) is 3.92. The van der Waals surface area contributed by atoms with Crippen LogP contribution in [0.4, 0.5) is 11.4 Å². The van der Waals surface area contributed by atoms with E-state index < -0.39 is 0 Å². The average Bonchev–Trinajstić information content (AvgIpc) is 2.81. The molecule has 0 saturated carbocycles. The van der Waals surface area contributed by atoms with Crippen molar-refractivity contribution in [2.45, 2.75) is 13.5 Å². The van der Waals surface area contributed by atoms with Gasteiger partial charge >= 0.3 is 0 Å². The van der Waals surface area contributed by atoms with Crippen molar-refractivity contribution in [3.63, 3.8) is 0 Å². The molecule has 1 amide bonds. The van der Waals surface area contributed by atoms with Gasteiger partial charge in [-0.1, -0.05) is 48.5 Å². The second-order valence-electron chi connectivity index (χ2n) is 8.02. The Hall–Kier alpha value is -3.22. The molecule has 0 aliphatic carbocycles. The van der Waals surface area contributed by atoms with Gasteiger partial charge in [0.25, 0.3) is 5.91 Å². The molecule has 1 aliphatic heterocycles. The van der Waals surface area contributed by atoms with E-state index in [1.165, 1.54) is 11.3 Å². The summed E-state index contributed by atoms with van der Waals surface area (Å²) < 4.78 is 0. The predicted molar refractivity (Wildman–Crippen MR) is 135 cm³/mol. The Bertz CT molecular complexity index is 1060. The molecule has 1 aliphatic rings. The van der Waals surface area contributed by atoms with E-state index in [-0.39, 0.29) is 5.91 Å². The first-order valence-corrected chi connectivity index (χ1v) is 11.3. The maximum atomic E-state index is 12.4. The van der Waals surface area contributed by atoms with E-state index in [0.717, 1.165) is 44.0 Å². The lowest BCUT2D eigenvalue weighted by Crippen LogP contribution is -2.45. The molecule has 0 atom stereocenters. The molecule has 0 unspecified atom stereocenters. The zero-order valence-corrected chi connectivity index (χ0v) is 19.1. The molecule has 5 nitrogen and oxygen atoms in total. The van der Waals surface area contributed by atoms with Gasteiger partial charge in [0.2, 0.25) is 0 Å². The summed E-state index contributed by atoms with van der Waals surface area (Å²) in [5.74, 6) is -0.203. The molecule has 1 heterocycles. The highest BCUT2D eigenvalue weighted by molar-refractivity contribution is 7.80. The summed E-state index contributed by atoms with van der Waals surface area (Å²) in [4.78, 5) is 17.3. The number of carbonyl (C=O) groups is 1. The molecule has 0 spiro atoms. The predicted octanol–water partition coefficient (Wildman–Crippen LogP) is 4.44. The summed E-state index contributed by atoms with van der Waals surface area (Å²) in [5.41, 5.74) is 4.96. The summed E-state index contributed by atoms with van der Waals surface area (Å²) in [6.07, 6.45) is 0. The fraction of sp³-hybridized carbons (Fsp3) is 0.231. The second-order valence-corrected chi connectivity index (χ2v) is 8.43. The molecule has 0 aromatic heterocycles. The molecule has 0 bridgehead atoms. The minimum absolute atomic E-state index is 0.203. The number of hydrogen-bond donors (Lipinski definition) is 2. The first-order valence-electron chi connectivity index (χ1n) is 10.9. The molecule has 164 valence electrons. The zero-order valence-electron chi connectivity index (χ0n) is 18.3. The first kappa shape index (κ1) is 22.0. The Morgan fingerprint density at radius 3 is 2.22 bits per heavy atom. The van der Waals surface area contributed by atoms with Crippen LogP contribution >= 0.6 is 12.2 Å². The van der Waals surface area contributed by atoms with Crippen LogP contribution in [0, 0.1) is 6.92 Å². The first-order chi connectivity index (χ1) is 15.6. The van der Waals surface area contributed by atoms with Crippen molar-refractivity contribution in [3.05, 3.63) is 95.6 Å². The summed E-state index contributed by atoms with van der Waals surface area (Å²) in [5, 5.41) is 6.15. The quantitative estimate of drug-likeness (QED) is 0.570. The molecule has 1 saturated heterocycles. The van der Waals surface area contributed by atoms with Gasteiger partial charge < -0.3 is 10.2 Å². The van der Waals surface area contributed by atoms with Crippen LogP contribution in [0.2, 0.25) is 0 Å². The van der Waals surface area contributed by atoms with Gasteiger partial charge in [-0.15, -0.1) is 0 Å². The number of amides is 1. The highest BCUT2D eigenvalue weighted by atomic mass is 32.1. The second kappa shape index (κ2) is 10.4. The SMILES string of the molecule is Cc1ccccc1C(=O)NC(=S)Nc1ccc(N2CCN(Cc3ccccc3)CC2)cc1. The fourth-order valence-corrected chi connectivity index (χ4v) is 4.13. The van der Waals surface area contributed by atoms with Crippen molar-refractivity contribution in [3.8, 4) is 0 Å². The zero-order chi connectivity index (χ0) is 22.3. The Kier molecular flexibility index (Phi) is 7.14. The summed E-state index contributed by atoms with van der Waals surface area (Å²) >= 11 is 5.32. The van der Waals surface area contributed by atoms with E-state index in [1.807, 2.05) is 37.3 Å². The highest BCUT2D eigenvalue weighted by Crippen LogP contribution is 2.20. The maximum absolute atomic E-state index is 12.4. The third-order valence-electron chi connectivity index (χ3n) is 5.73.